The van der Waals surface area contributed by atoms with E-state index >= 15 is 0 Å². The van der Waals surface area contributed by atoms with Gasteiger partial charge in [0.1, 0.15) is 5.75 Å². The highest BCUT2D eigenvalue weighted by Gasteiger charge is 2.07. The number of hydrogen-bond donors (Lipinski definition) is 1. The molecule has 0 saturated carbocycles. The van der Waals surface area contributed by atoms with Crippen LogP contribution < -0.4 is 10.1 Å². The third-order valence-corrected chi connectivity index (χ3v) is 3.35. The van der Waals surface area contributed by atoms with Gasteiger partial charge in [0.15, 0.2) is 11.6 Å². The van der Waals surface area contributed by atoms with Gasteiger partial charge in [-0.2, -0.15) is 0 Å². The third-order valence-electron chi connectivity index (χ3n) is 3.35. The lowest BCUT2D eigenvalue weighted by Crippen LogP contribution is -2.11. The van der Waals surface area contributed by atoms with E-state index in [0.29, 0.717) is 18.2 Å². The second-order valence-corrected chi connectivity index (χ2v) is 5.37. The molecule has 21 heavy (non-hydrogen) atoms. The second kappa shape index (κ2) is 7.23. The number of rotatable bonds is 6. The second-order valence-electron chi connectivity index (χ2n) is 5.37. The number of benzene rings is 2. The summed E-state index contributed by atoms with van der Waals surface area (Å²) in [6.45, 7) is 7.82. The Balaban J connectivity index is 2.08. The Morgan fingerprint density at radius 3 is 2.38 bits per heavy atom. The van der Waals surface area contributed by atoms with Crippen molar-refractivity contribution in [2.75, 3.05) is 6.54 Å². The molecule has 1 N–H and O–H groups in total. The van der Waals surface area contributed by atoms with Gasteiger partial charge in [0.05, 0.1) is 0 Å². The Labute approximate surface area is 126 Å². The fourth-order valence-corrected chi connectivity index (χ4v) is 2.05. The average Bonchev–Trinajstić information content (AvgIpc) is 2.48. The van der Waals surface area contributed by atoms with Crippen LogP contribution in [0, 0.1) is 5.82 Å². The molecule has 2 nitrogen and oxygen atoms in total. The van der Waals surface area contributed by atoms with Crippen LogP contribution in [0.25, 0.3) is 0 Å². The van der Waals surface area contributed by atoms with Gasteiger partial charge in [-0.05, 0) is 47.9 Å². The van der Waals surface area contributed by atoms with E-state index < -0.39 is 0 Å². The molecule has 0 spiro atoms. The van der Waals surface area contributed by atoms with Gasteiger partial charge in [-0.3, -0.25) is 0 Å². The summed E-state index contributed by atoms with van der Waals surface area (Å²) in [6, 6.07) is 12.8. The summed E-state index contributed by atoms with van der Waals surface area (Å²) in [4.78, 5) is 0. The van der Waals surface area contributed by atoms with E-state index in [0.717, 1.165) is 12.1 Å². The lowest BCUT2D eigenvalue weighted by molar-refractivity contribution is 0.441. The molecule has 0 atom stereocenters. The van der Waals surface area contributed by atoms with E-state index in [1.165, 1.54) is 11.6 Å². The molecule has 0 bridgehead atoms. The predicted octanol–water partition coefficient (Wildman–Crippen LogP) is 4.85. The summed E-state index contributed by atoms with van der Waals surface area (Å²) < 4.78 is 19.6. The molecule has 0 radical (unpaired) electrons. The summed E-state index contributed by atoms with van der Waals surface area (Å²) in [5.74, 6) is 1.05. The molecule has 0 fully saturated rings. The van der Waals surface area contributed by atoms with Gasteiger partial charge >= 0.3 is 0 Å². The third kappa shape index (κ3) is 4.30. The van der Waals surface area contributed by atoms with Gasteiger partial charge in [-0.25, -0.2) is 4.39 Å². The van der Waals surface area contributed by atoms with Crippen molar-refractivity contribution < 1.29 is 9.13 Å². The maximum Gasteiger partial charge on any atom is 0.166 e. The first-order chi connectivity index (χ1) is 10.1. The van der Waals surface area contributed by atoms with Crippen molar-refractivity contribution in [3.8, 4) is 11.5 Å². The zero-order valence-electron chi connectivity index (χ0n) is 12.8. The van der Waals surface area contributed by atoms with Crippen molar-refractivity contribution in [1.29, 1.82) is 0 Å². The van der Waals surface area contributed by atoms with E-state index in [9.17, 15) is 4.39 Å². The smallest absolute Gasteiger partial charge is 0.166 e. The molecular weight excluding hydrogens is 265 g/mol. The zero-order chi connectivity index (χ0) is 15.2. The van der Waals surface area contributed by atoms with E-state index in [1.54, 1.807) is 6.07 Å². The van der Waals surface area contributed by atoms with Gasteiger partial charge in [0.25, 0.3) is 0 Å². The van der Waals surface area contributed by atoms with E-state index in [-0.39, 0.29) is 11.6 Å². The van der Waals surface area contributed by atoms with Crippen molar-refractivity contribution >= 4 is 0 Å². The first-order valence-electron chi connectivity index (χ1n) is 7.37. The highest BCUT2D eigenvalue weighted by molar-refractivity contribution is 5.36. The highest BCUT2D eigenvalue weighted by atomic mass is 19.1. The van der Waals surface area contributed by atoms with Crippen LogP contribution in [0.1, 0.15) is 37.8 Å². The molecule has 0 aliphatic rings. The number of halogens is 1. The lowest BCUT2D eigenvalue weighted by atomic mass is 10.0. The van der Waals surface area contributed by atoms with Crippen molar-refractivity contribution in [2.45, 2.75) is 33.2 Å². The molecule has 2 rings (SSSR count). The Morgan fingerprint density at radius 1 is 1.10 bits per heavy atom. The SMILES string of the molecule is CCNCc1ccc(Oc2ccc(C(C)C)cc2)c(F)c1. The first-order valence-corrected chi connectivity index (χ1v) is 7.37. The molecule has 0 heterocycles. The van der Waals surface area contributed by atoms with Gasteiger partial charge in [-0.1, -0.05) is 39.0 Å². The predicted molar refractivity (Wildman–Crippen MR) is 84.4 cm³/mol. The minimum absolute atomic E-state index is 0.257. The standard InChI is InChI=1S/C18H22FNO/c1-4-20-12-14-5-10-18(17(19)11-14)21-16-8-6-15(7-9-16)13(2)3/h5-11,13,20H,4,12H2,1-3H3. The summed E-state index contributed by atoms with van der Waals surface area (Å²) >= 11 is 0. The summed E-state index contributed by atoms with van der Waals surface area (Å²) in [7, 11) is 0. The van der Waals surface area contributed by atoms with Crippen LogP contribution in [0.5, 0.6) is 11.5 Å². The van der Waals surface area contributed by atoms with Crippen molar-refractivity contribution in [3.63, 3.8) is 0 Å². The summed E-state index contributed by atoms with van der Waals surface area (Å²) in [5.41, 5.74) is 2.15. The molecule has 2 aromatic rings. The van der Waals surface area contributed by atoms with Crippen molar-refractivity contribution in [3.05, 3.63) is 59.4 Å². The Kier molecular flexibility index (Phi) is 5.34. The van der Waals surface area contributed by atoms with Crippen molar-refractivity contribution in [1.82, 2.24) is 5.32 Å². The topological polar surface area (TPSA) is 21.3 Å². The Hall–Kier alpha value is -1.87. The van der Waals surface area contributed by atoms with Crippen LogP contribution >= 0.6 is 0 Å². The minimum Gasteiger partial charge on any atom is -0.454 e. The Morgan fingerprint density at radius 2 is 1.81 bits per heavy atom. The molecular formula is C18H22FNO. The largest absolute Gasteiger partial charge is 0.454 e. The minimum atomic E-state index is -0.335. The van der Waals surface area contributed by atoms with Crippen LogP contribution in [0.2, 0.25) is 0 Å². The molecule has 3 heteroatoms. The molecule has 0 aliphatic carbocycles. The van der Waals surface area contributed by atoms with E-state index in [2.05, 4.69) is 19.2 Å². The van der Waals surface area contributed by atoms with Crippen LogP contribution in [-0.2, 0) is 6.54 Å². The lowest BCUT2D eigenvalue weighted by Gasteiger charge is -2.10. The monoisotopic (exact) mass is 287 g/mol. The molecule has 0 aromatic heterocycles. The fourth-order valence-electron chi connectivity index (χ4n) is 2.05. The average molecular weight is 287 g/mol. The normalized spacial score (nSPS) is 10.9. The maximum atomic E-state index is 14.0. The van der Waals surface area contributed by atoms with Gasteiger partial charge in [0, 0.05) is 6.54 Å². The highest BCUT2D eigenvalue weighted by Crippen LogP contribution is 2.26. The molecule has 2 aromatic carbocycles. The van der Waals surface area contributed by atoms with Crippen LogP contribution in [-0.4, -0.2) is 6.54 Å². The fraction of sp³-hybridized carbons (Fsp3) is 0.333. The number of nitrogens with one attached hydrogen (secondary N) is 1. The summed E-state index contributed by atoms with van der Waals surface area (Å²) in [5, 5.41) is 3.17. The van der Waals surface area contributed by atoms with E-state index in [1.807, 2.05) is 37.3 Å². The van der Waals surface area contributed by atoms with E-state index in [4.69, 9.17) is 4.74 Å². The Bertz CT molecular complexity index is 578. The molecule has 0 saturated heterocycles. The molecule has 0 amide bonds. The maximum absolute atomic E-state index is 14.0. The molecule has 112 valence electrons. The molecule has 0 aliphatic heterocycles. The summed E-state index contributed by atoms with van der Waals surface area (Å²) in [6.07, 6.45) is 0. The number of hydrogen-bond acceptors (Lipinski definition) is 2. The quantitative estimate of drug-likeness (QED) is 0.820. The first kappa shape index (κ1) is 15.5. The zero-order valence-corrected chi connectivity index (χ0v) is 12.8. The van der Waals surface area contributed by atoms with Gasteiger partial charge in [0.2, 0.25) is 0 Å². The van der Waals surface area contributed by atoms with Crippen LogP contribution in [0.3, 0.4) is 0 Å². The van der Waals surface area contributed by atoms with Crippen LogP contribution in [0.15, 0.2) is 42.5 Å². The van der Waals surface area contributed by atoms with Crippen molar-refractivity contribution in [2.24, 2.45) is 0 Å². The van der Waals surface area contributed by atoms with Crippen LogP contribution in [0.4, 0.5) is 4.39 Å². The number of ether oxygens (including phenoxy) is 1. The van der Waals surface area contributed by atoms with Gasteiger partial charge < -0.3 is 10.1 Å². The molecule has 0 unspecified atom stereocenters. The van der Waals surface area contributed by atoms with Gasteiger partial charge in [-0.15, -0.1) is 0 Å².